The van der Waals surface area contributed by atoms with E-state index in [2.05, 4.69) is 21.6 Å². The second kappa shape index (κ2) is 2.36. The SMILES string of the molecule is Cc1cn2cc(C3(N)CC3)ccc2n1. The highest BCUT2D eigenvalue weighted by Gasteiger charge is 2.40. The van der Waals surface area contributed by atoms with Gasteiger partial charge in [0.25, 0.3) is 0 Å². The van der Waals surface area contributed by atoms with Crippen molar-refractivity contribution in [1.29, 1.82) is 0 Å². The molecule has 14 heavy (non-hydrogen) atoms. The van der Waals surface area contributed by atoms with Crippen LogP contribution in [0.2, 0.25) is 0 Å². The van der Waals surface area contributed by atoms with Gasteiger partial charge in [-0.15, -0.1) is 0 Å². The van der Waals surface area contributed by atoms with Crippen LogP contribution >= 0.6 is 0 Å². The summed E-state index contributed by atoms with van der Waals surface area (Å²) in [5, 5.41) is 0. The molecule has 2 N–H and O–H groups in total. The largest absolute Gasteiger partial charge is 0.321 e. The van der Waals surface area contributed by atoms with E-state index in [-0.39, 0.29) is 5.54 Å². The van der Waals surface area contributed by atoms with Crippen LogP contribution in [-0.4, -0.2) is 9.38 Å². The average molecular weight is 187 g/mol. The van der Waals surface area contributed by atoms with E-state index in [0.29, 0.717) is 0 Å². The molecule has 3 rings (SSSR count). The van der Waals surface area contributed by atoms with E-state index in [0.717, 1.165) is 24.2 Å². The average Bonchev–Trinajstić information content (AvgIpc) is 2.79. The van der Waals surface area contributed by atoms with E-state index >= 15 is 0 Å². The second-order valence-electron chi connectivity index (χ2n) is 4.22. The summed E-state index contributed by atoms with van der Waals surface area (Å²) in [6, 6.07) is 4.13. The van der Waals surface area contributed by atoms with Crippen LogP contribution in [0.15, 0.2) is 24.5 Å². The van der Waals surface area contributed by atoms with E-state index in [9.17, 15) is 0 Å². The summed E-state index contributed by atoms with van der Waals surface area (Å²) in [6.07, 6.45) is 6.34. The summed E-state index contributed by atoms with van der Waals surface area (Å²) in [6.45, 7) is 2.00. The minimum Gasteiger partial charge on any atom is -0.321 e. The Morgan fingerprint density at radius 2 is 2.14 bits per heavy atom. The number of rotatable bonds is 1. The molecule has 1 aliphatic rings. The lowest BCUT2D eigenvalue weighted by atomic mass is 10.1. The van der Waals surface area contributed by atoms with Gasteiger partial charge in [0.2, 0.25) is 0 Å². The van der Waals surface area contributed by atoms with Gasteiger partial charge in [0.1, 0.15) is 5.65 Å². The summed E-state index contributed by atoms with van der Waals surface area (Å²) in [7, 11) is 0. The Morgan fingerprint density at radius 3 is 2.86 bits per heavy atom. The first kappa shape index (κ1) is 8.00. The Morgan fingerprint density at radius 1 is 1.36 bits per heavy atom. The molecule has 72 valence electrons. The van der Waals surface area contributed by atoms with Gasteiger partial charge in [0.15, 0.2) is 0 Å². The number of aromatic nitrogens is 2. The summed E-state index contributed by atoms with van der Waals surface area (Å²) < 4.78 is 2.05. The quantitative estimate of drug-likeness (QED) is 0.736. The first-order valence-corrected chi connectivity index (χ1v) is 4.92. The predicted octanol–water partition coefficient (Wildman–Crippen LogP) is 1.59. The standard InChI is InChI=1S/C11H13N3/c1-8-6-14-7-9(11(12)4-5-11)2-3-10(14)13-8/h2-3,6-7H,4-5,12H2,1H3. The molecule has 3 nitrogen and oxygen atoms in total. The van der Waals surface area contributed by atoms with Gasteiger partial charge in [-0.2, -0.15) is 0 Å². The molecule has 0 aliphatic heterocycles. The summed E-state index contributed by atoms with van der Waals surface area (Å²) in [5.74, 6) is 0. The lowest BCUT2D eigenvalue weighted by Crippen LogP contribution is -2.18. The third kappa shape index (κ3) is 1.06. The molecule has 0 amide bonds. The molecule has 0 bridgehead atoms. The number of fused-ring (bicyclic) bond motifs is 1. The molecule has 2 aromatic heterocycles. The summed E-state index contributed by atoms with van der Waals surface area (Å²) >= 11 is 0. The molecule has 3 heteroatoms. The first-order valence-electron chi connectivity index (χ1n) is 4.92. The third-order valence-electron chi connectivity index (χ3n) is 2.94. The van der Waals surface area contributed by atoms with Crippen LogP contribution in [0.5, 0.6) is 0 Å². The van der Waals surface area contributed by atoms with Crippen molar-refractivity contribution >= 4 is 5.65 Å². The van der Waals surface area contributed by atoms with E-state index in [1.807, 2.05) is 19.2 Å². The van der Waals surface area contributed by atoms with Crippen molar-refractivity contribution < 1.29 is 0 Å². The number of imidazole rings is 1. The number of nitrogens with zero attached hydrogens (tertiary/aromatic N) is 2. The second-order valence-corrected chi connectivity index (χ2v) is 4.22. The topological polar surface area (TPSA) is 43.3 Å². The highest BCUT2D eigenvalue weighted by molar-refractivity contribution is 5.43. The molecular weight excluding hydrogens is 174 g/mol. The number of aryl methyl sites for hydroxylation is 1. The molecule has 2 heterocycles. The molecule has 1 aliphatic carbocycles. The minimum atomic E-state index is -0.0492. The maximum atomic E-state index is 6.13. The van der Waals surface area contributed by atoms with Gasteiger partial charge in [-0.05, 0) is 31.4 Å². The van der Waals surface area contributed by atoms with Crippen LogP contribution in [0, 0.1) is 6.92 Å². The van der Waals surface area contributed by atoms with Crippen molar-refractivity contribution in [3.05, 3.63) is 35.8 Å². The van der Waals surface area contributed by atoms with E-state index in [4.69, 9.17) is 5.73 Å². The Bertz CT molecular complexity index is 494. The van der Waals surface area contributed by atoms with Crippen molar-refractivity contribution in [1.82, 2.24) is 9.38 Å². The van der Waals surface area contributed by atoms with Crippen LogP contribution in [-0.2, 0) is 5.54 Å². The van der Waals surface area contributed by atoms with Crippen LogP contribution in [0.1, 0.15) is 24.1 Å². The molecule has 1 saturated carbocycles. The normalized spacial score (nSPS) is 18.7. The number of hydrogen-bond acceptors (Lipinski definition) is 2. The van der Waals surface area contributed by atoms with Crippen molar-refractivity contribution in [2.75, 3.05) is 0 Å². The Labute approximate surface area is 82.6 Å². The van der Waals surface area contributed by atoms with Crippen molar-refractivity contribution in [2.45, 2.75) is 25.3 Å². The Balaban J connectivity index is 2.19. The van der Waals surface area contributed by atoms with Gasteiger partial charge < -0.3 is 10.1 Å². The summed E-state index contributed by atoms with van der Waals surface area (Å²) in [4.78, 5) is 4.38. The van der Waals surface area contributed by atoms with Crippen LogP contribution < -0.4 is 5.73 Å². The zero-order valence-corrected chi connectivity index (χ0v) is 8.20. The molecule has 0 aromatic carbocycles. The fourth-order valence-corrected chi connectivity index (χ4v) is 1.84. The van der Waals surface area contributed by atoms with Crippen molar-refractivity contribution in [3.63, 3.8) is 0 Å². The van der Waals surface area contributed by atoms with Gasteiger partial charge in [0.05, 0.1) is 5.69 Å². The molecular formula is C11H13N3. The number of nitrogens with two attached hydrogens (primary N) is 1. The first-order chi connectivity index (χ1) is 6.67. The third-order valence-corrected chi connectivity index (χ3v) is 2.94. The fraction of sp³-hybridized carbons (Fsp3) is 0.364. The Hall–Kier alpha value is -1.35. The maximum absolute atomic E-state index is 6.13. The minimum absolute atomic E-state index is 0.0492. The Kier molecular flexibility index (Phi) is 1.35. The number of hydrogen-bond donors (Lipinski definition) is 1. The molecule has 0 atom stereocenters. The molecule has 1 fully saturated rings. The van der Waals surface area contributed by atoms with Gasteiger partial charge in [0, 0.05) is 17.9 Å². The highest BCUT2D eigenvalue weighted by Crippen LogP contribution is 2.42. The lowest BCUT2D eigenvalue weighted by Gasteiger charge is -2.08. The van der Waals surface area contributed by atoms with Crippen molar-refractivity contribution in [2.24, 2.45) is 5.73 Å². The van der Waals surface area contributed by atoms with Gasteiger partial charge in [-0.1, -0.05) is 6.07 Å². The monoisotopic (exact) mass is 187 g/mol. The molecule has 0 radical (unpaired) electrons. The van der Waals surface area contributed by atoms with Gasteiger partial charge in [-0.3, -0.25) is 0 Å². The van der Waals surface area contributed by atoms with Crippen LogP contribution in [0.4, 0.5) is 0 Å². The predicted molar refractivity (Wildman–Crippen MR) is 55.0 cm³/mol. The van der Waals surface area contributed by atoms with Crippen LogP contribution in [0.25, 0.3) is 5.65 Å². The fourth-order valence-electron chi connectivity index (χ4n) is 1.84. The molecule has 2 aromatic rings. The van der Waals surface area contributed by atoms with Gasteiger partial charge in [-0.25, -0.2) is 4.98 Å². The lowest BCUT2D eigenvalue weighted by molar-refractivity contribution is 0.733. The van der Waals surface area contributed by atoms with E-state index < -0.39 is 0 Å². The van der Waals surface area contributed by atoms with Crippen molar-refractivity contribution in [3.8, 4) is 0 Å². The number of pyridine rings is 1. The highest BCUT2D eigenvalue weighted by atomic mass is 15.0. The molecule has 0 spiro atoms. The zero-order valence-electron chi connectivity index (χ0n) is 8.20. The van der Waals surface area contributed by atoms with Gasteiger partial charge >= 0.3 is 0 Å². The van der Waals surface area contributed by atoms with Crippen LogP contribution in [0.3, 0.4) is 0 Å². The summed E-state index contributed by atoms with van der Waals surface area (Å²) in [5.41, 5.74) is 9.35. The van der Waals surface area contributed by atoms with E-state index in [1.54, 1.807) is 0 Å². The molecule has 0 saturated heterocycles. The smallest absolute Gasteiger partial charge is 0.136 e. The van der Waals surface area contributed by atoms with E-state index in [1.165, 1.54) is 5.56 Å². The zero-order chi connectivity index (χ0) is 9.76. The maximum Gasteiger partial charge on any atom is 0.136 e. The molecule has 0 unspecified atom stereocenters.